The predicted molar refractivity (Wildman–Crippen MR) is 143 cm³/mol. The Kier molecular flexibility index (Phi) is 8.01. The van der Waals surface area contributed by atoms with Crippen LogP contribution in [0, 0.1) is 0 Å². The maximum absolute atomic E-state index is 13.1. The summed E-state index contributed by atoms with van der Waals surface area (Å²) in [5, 5.41) is 14.6. The molecule has 37 heavy (non-hydrogen) atoms. The maximum Gasteiger partial charge on any atom is 0.252 e. The van der Waals surface area contributed by atoms with E-state index in [0.29, 0.717) is 22.0 Å². The third-order valence-electron chi connectivity index (χ3n) is 5.62. The number of carbonyl (C=O) groups excluding carboxylic acids is 3. The number of ketones is 1. The molecule has 188 valence electrons. The zero-order valence-corrected chi connectivity index (χ0v) is 21.5. The van der Waals surface area contributed by atoms with Crippen LogP contribution in [-0.2, 0) is 4.79 Å². The molecular weight excluding hydrogens is 513 g/mol. The van der Waals surface area contributed by atoms with Crippen LogP contribution in [0.2, 0.25) is 10.0 Å². The molecule has 10 heteroatoms. The zero-order chi connectivity index (χ0) is 26.5. The molecule has 2 N–H and O–H groups in total. The zero-order valence-electron chi connectivity index (χ0n) is 20.0. The summed E-state index contributed by atoms with van der Waals surface area (Å²) in [5.74, 6) is -0.858. The number of anilines is 1. The summed E-state index contributed by atoms with van der Waals surface area (Å²) < 4.78 is 1.66. The van der Waals surface area contributed by atoms with Crippen LogP contribution < -0.4 is 10.6 Å². The van der Waals surface area contributed by atoms with Crippen LogP contribution in [0.5, 0.6) is 0 Å². The fourth-order valence-corrected chi connectivity index (χ4v) is 3.95. The van der Waals surface area contributed by atoms with Crippen LogP contribution in [0.25, 0.3) is 11.3 Å². The first-order chi connectivity index (χ1) is 17.7. The van der Waals surface area contributed by atoms with Crippen molar-refractivity contribution < 1.29 is 14.4 Å². The SMILES string of the molecule is CC(=O)Nc1ccc(-c2cn([C@@H](C)CNC(=O)c3ccccc3C(=O)c3ccc(Cl)c(Cl)c3)nn2)cc1. The molecule has 0 spiro atoms. The Morgan fingerprint density at radius 1 is 0.946 bits per heavy atom. The fraction of sp³-hybridized carbons (Fsp3) is 0.148. The van der Waals surface area contributed by atoms with Gasteiger partial charge in [0.15, 0.2) is 5.78 Å². The van der Waals surface area contributed by atoms with E-state index in [0.717, 1.165) is 5.56 Å². The quantitative estimate of drug-likeness (QED) is 0.292. The van der Waals surface area contributed by atoms with Crippen LogP contribution >= 0.6 is 23.2 Å². The van der Waals surface area contributed by atoms with Gasteiger partial charge in [-0.3, -0.25) is 14.4 Å². The molecule has 4 aromatic rings. The van der Waals surface area contributed by atoms with Crippen LogP contribution in [0.15, 0.2) is 72.9 Å². The molecule has 1 heterocycles. The van der Waals surface area contributed by atoms with Gasteiger partial charge in [0.1, 0.15) is 5.69 Å². The number of nitrogens with zero attached hydrogens (tertiary/aromatic N) is 3. The van der Waals surface area contributed by atoms with Gasteiger partial charge in [-0.25, -0.2) is 4.68 Å². The van der Waals surface area contributed by atoms with Crippen molar-refractivity contribution in [3.63, 3.8) is 0 Å². The molecule has 2 amide bonds. The number of amides is 2. The van der Waals surface area contributed by atoms with Gasteiger partial charge >= 0.3 is 0 Å². The van der Waals surface area contributed by atoms with Crippen molar-refractivity contribution >= 4 is 46.5 Å². The number of hydrogen-bond donors (Lipinski definition) is 2. The number of carbonyl (C=O) groups is 3. The van der Waals surface area contributed by atoms with Gasteiger partial charge in [-0.05, 0) is 43.3 Å². The summed E-state index contributed by atoms with van der Waals surface area (Å²) in [6.45, 7) is 3.61. The van der Waals surface area contributed by atoms with E-state index >= 15 is 0 Å². The van der Waals surface area contributed by atoms with Crippen molar-refractivity contribution in [1.29, 1.82) is 0 Å². The van der Waals surface area contributed by atoms with E-state index in [-0.39, 0.29) is 46.3 Å². The van der Waals surface area contributed by atoms with Crippen LogP contribution in [0.1, 0.15) is 46.2 Å². The third-order valence-corrected chi connectivity index (χ3v) is 6.36. The highest BCUT2D eigenvalue weighted by Gasteiger charge is 2.20. The van der Waals surface area contributed by atoms with Crippen LogP contribution in [-0.4, -0.2) is 39.1 Å². The number of rotatable bonds is 8. The second-order valence-electron chi connectivity index (χ2n) is 8.40. The van der Waals surface area contributed by atoms with E-state index in [9.17, 15) is 14.4 Å². The molecule has 8 nitrogen and oxygen atoms in total. The van der Waals surface area contributed by atoms with Gasteiger partial charge in [-0.1, -0.05) is 58.7 Å². The smallest absolute Gasteiger partial charge is 0.252 e. The highest BCUT2D eigenvalue weighted by Crippen LogP contribution is 2.25. The number of hydrogen-bond acceptors (Lipinski definition) is 5. The van der Waals surface area contributed by atoms with E-state index in [1.807, 2.05) is 19.1 Å². The van der Waals surface area contributed by atoms with Crippen molar-refractivity contribution in [3.8, 4) is 11.3 Å². The van der Waals surface area contributed by atoms with Crippen molar-refractivity contribution in [2.75, 3.05) is 11.9 Å². The topological polar surface area (TPSA) is 106 Å². The van der Waals surface area contributed by atoms with E-state index in [1.54, 1.807) is 59.4 Å². The summed E-state index contributed by atoms with van der Waals surface area (Å²) >= 11 is 12.0. The lowest BCUT2D eigenvalue weighted by Crippen LogP contribution is -2.31. The molecule has 4 rings (SSSR count). The summed E-state index contributed by atoms with van der Waals surface area (Å²) in [4.78, 5) is 37.3. The monoisotopic (exact) mass is 535 g/mol. The molecule has 0 saturated carbocycles. The van der Waals surface area contributed by atoms with Crippen LogP contribution in [0.4, 0.5) is 5.69 Å². The molecule has 0 unspecified atom stereocenters. The fourth-order valence-electron chi connectivity index (χ4n) is 3.65. The Morgan fingerprint density at radius 2 is 1.65 bits per heavy atom. The minimum Gasteiger partial charge on any atom is -0.350 e. The normalized spacial score (nSPS) is 11.6. The van der Waals surface area contributed by atoms with Gasteiger partial charge in [0.05, 0.1) is 27.8 Å². The predicted octanol–water partition coefficient (Wildman–Crippen LogP) is 5.43. The minimum absolute atomic E-state index is 0.143. The lowest BCUT2D eigenvalue weighted by molar-refractivity contribution is -0.114. The van der Waals surface area contributed by atoms with Crippen molar-refractivity contribution in [3.05, 3.63) is 99.7 Å². The van der Waals surface area contributed by atoms with Gasteiger partial charge in [0.2, 0.25) is 5.91 Å². The largest absolute Gasteiger partial charge is 0.350 e. The standard InChI is InChI=1S/C27H23Cl2N5O3/c1-16(34-15-25(32-33-34)18-7-10-20(11-8-18)31-17(2)35)14-30-27(37)22-6-4-3-5-21(22)26(36)19-9-12-23(28)24(29)13-19/h3-13,15-16H,14H2,1-2H3,(H,30,37)(H,31,35)/t16-/m0/s1. The summed E-state index contributed by atoms with van der Waals surface area (Å²) in [6.07, 6.45) is 1.78. The molecular formula is C27H23Cl2N5O3. The molecule has 0 radical (unpaired) electrons. The maximum atomic E-state index is 13.1. The average Bonchev–Trinajstić information content (AvgIpc) is 3.39. The molecule has 1 aromatic heterocycles. The van der Waals surface area contributed by atoms with E-state index < -0.39 is 0 Å². The number of benzene rings is 3. The molecule has 0 fully saturated rings. The summed E-state index contributed by atoms with van der Waals surface area (Å²) in [7, 11) is 0. The Hall–Kier alpha value is -4.01. The Morgan fingerprint density at radius 3 is 2.32 bits per heavy atom. The second-order valence-corrected chi connectivity index (χ2v) is 9.22. The molecule has 0 saturated heterocycles. The minimum atomic E-state index is -0.384. The van der Waals surface area contributed by atoms with E-state index in [4.69, 9.17) is 23.2 Å². The highest BCUT2D eigenvalue weighted by atomic mass is 35.5. The van der Waals surface area contributed by atoms with Crippen LogP contribution in [0.3, 0.4) is 0 Å². The lowest BCUT2D eigenvalue weighted by Gasteiger charge is -2.14. The molecule has 0 aliphatic heterocycles. The number of aromatic nitrogens is 3. The van der Waals surface area contributed by atoms with Crippen molar-refractivity contribution in [2.24, 2.45) is 0 Å². The number of nitrogens with one attached hydrogen (secondary N) is 2. The first-order valence-corrected chi connectivity index (χ1v) is 12.2. The van der Waals surface area contributed by atoms with Crippen molar-refractivity contribution in [1.82, 2.24) is 20.3 Å². The first kappa shape index (κ1) is 26.1. The molecule has 3 aromatic carbocycles. The van der Waals surface area contributed by atoms with Gasteiger partial charge in [-0.15, -0.1) is 5.10 Å². The molecule has 0 bridgehead atoms. The Labute approximate surface area is 223 Å². The van der Waals surface area contributed by atoms with Crippen molar-refractivity contribution in [2.45, 2.75) is 19.9 Å². The van der Waals surface area contributed by atoms with Gasteiger partial charge < -0.3 is 10.6 Å². The number of halogens is 2. The van der Waals surface area contributed by atoms with Gasteiger partial charge in [0.25, 0.3) is 5.91 Å². The summed E-state index contributed by atoms with van der Waals surface area (Å²) in [5.41, 5.74) is 3.04. The van der Waals surface area contributed by atoms with E-state index in [1.165, 1.54) is 13.0 Å². The van der Waals surface area contributed by atoms with E-state index in [2.05, 4.69) is 20.9 Å². The van der Waals surface area contributed by atoms with Gasteiger partial charge in [0, 0.05) is 35.8 Å². The molecule has 0 aliphatic carbocycles. The third kappa shape index (κ3) is 6.22. The van der Waals surface area contributed by atoms with Gasteiger partial charge in [-0.2, -0.15) is 0 Å². The first-order valence-electron chi connectivity index (χ1n) is 11.4. The second kappa shape index (κ2) is 11.4. The Bertz CT molecular complexity index is 1470. The molecule has 1 atom stereocenters. The summed E-state index contributed by atoms with van der Waals surface area (Å²) in [6, 6.07) is 18.3. The highest BCUT2D eigenvalue weighted by molar-refractivity contribution is 6.42. The Balaban J connectivity index is 1.43. The average molecular weight is 536 g/mol. The molecule has 0 aliphatic rings. The lowest BCUT2D eigenvalue weighted by atomic mass is 9.98.